The molecule has 1 heterocycles. The zero-order valence-electron chi connectivity index (χ0n) is 7.03. The Labute approximate surface area is 63.4 Å². The molecule has 0 aliphatic carbocycles. The number of hydrogen-bond donors (Lipinski definition) is 2. The van der Waals surface area contributed by atoms with Crippen LogP contribution in [0.3, 0.4) is 0 Å². The maximum atomic E-state index is 3.99. The van der Waals surface area contributed by atoms with E-state index in [4.69, 9.17) is 0 Å². The van der Waals surface area contributed by atoms with Crippen LogP contribution in [0.4, 0.5) is 0 Å². The van der Waals surface area contributed by atoms with Gasteiger partial charge in [0.2, 0.25) is 0 Å². The van der Waals surface area contributed by atoms with Crippen molar-refractivity contribution in [3.8, 4) is 0 Å². The monoisotopic (exact) mass is 144 g/mol. The zero-order chi connectivity index (χ0) is 7.40. The molecule has 2 nitrogen and oxygen atoms in total. The summed E-state index contributed by atoms with van der Waals surface area (Å²) >= 11 is 0. The van der Waals surface area contributed by atoms with Crippen molar-refractivity contribution in [1.29, 1.82) is 0 Å². The predicted molar refractivity (Wildman–Crippen MR) is 41.8 cm³/mol. The summed E-state index contributed by atoms with van der Waals surface area (Å²) in [7, 11) is 0. The highest BCUT2D eigenvalue weighted by molar-refractivity contribution is 4.58. The molecule has 1 aliphatic rings. The van der Waals surface area contributed by atoms with Crippen LogP contribution in [-0.2, 0) is 0 Å². The first-order valence-corrected chi connectivity index (χ1v) is 4.52. The van der Waals surface area contributed by atoms with Gasteiger partial charge in [0.25, 0.3) is 0 Å². The van der Waals surface area contributed by atoms with E-state index in [1.54, 1.807) is 4.90 Å². The smallest absolute Gasteiger partial charge is 0.137 e. The van der Waals surface area contributed by atoms with E-state index < -0.39 is 0 Å². The summed E-state index contributed by atoms with van der Waals surface area (Å²) in [4.78, 5) is 1.78. The van der Waals surface area contributed by atoms with Gasteiger partial charge in [-0.15, -0.1) is 0 Å². The summed E-state index contributed by atoms with van der Waals surface area (Å²) in [6.45, 7) is 6.09. The molecular formula is C8H20N2+2. The molecule has 0 bridgehead atoms. The van der Waals surface area contributed by atoms with Crippen molar-refractivity contribution in [3.63, 3.8) is 0 Å². The van der Waals surface area contributed by atoms with Crippen LogP contribution in [-0.4, -0.2) is 25.7 Å². The lowest BCUT2D eigenvalue weighted by molar-refractivity contribution is -0.934. The molecule has 1 unspecified atom stereocenters. The van der Waals surface area contributed by atoms with Crippen LogP contribution in [0.5, 0.6) is 0 Å². The first-order chi connectivity index (χ1) is 4.88. The summed E-state index contributed by atoms with van der Waals surface area (Å²) in [6.07, 6.45) is 4.27. The second-order valence-electron chi connectivity index (χ2n) is 3.24. The number of likely N-dealkylation sites (tertiary alicyclic amines) is 1. The van der Waals surface area contributed by atoms with Crippen molar-refractivity contribution in [2.45, 2.75) is 32.2 Å². The molecule has 0 aromatic rings. The molecule has 0 aromatic carbocycles. The van der Waals surface area contributed by atoms with Crippen molar-refractivity contribution < 1.29 is 10.6 Å². The number of nitrogens with one attached hydrogen (secondary N) is 1. The minimum Gasteiger partial charge on any atom is -0.353 e. The van der Waals surface area contributed by atoms with Gasteiger partial charge in [0.15, 0.2) is 0 Å². The van der Waals surface area contributed by atoms with E-state index in [9.17, 15) is 0 Å². The third-order valence-corrected chi connectivity index (χ3v) is 2.68. The van der Waals surface area contributed by atoms with Gasteiger partial charge in [0.1, 0.15) is 12.6 Å². The van der Waals surface area contributed by atoms with E-state index in [1.165, 1.54) is 32.4 Å². The van der Waals surface area contributed by atoms with Gasteiger partial charge in [-0.3, -0.25) is 0 Å². The van der Waals surface area contributed by atoms with Crippen molar-refractivity contribution in [2.75, 3.05) is 19.6 Å². The van der Waals surface area contributed by atoms with Gasteiger partial charge >= 0.3 is 0 Å². The van der Waals surface area contributed by atoms with Crippen LogP contribution in [0.2, 0.25) is 0 Å². The molecule has 4 N–H and O–H groups in total. The fourth-order valence-electron chi connectivity index (χ4n) is 1.96. The Kier molecular flexibility index (Phi) is 3.16. The highest BCUT2D eigenvalue weighted by Crippen LogP contribution is 2.00. The quantitative estimate of drug-likeness (QED) is 0.482. The van der Waals surface area contributed by atoms with Crippen molar-refractivity contribution in [1.82, 2.24) is 0 Å². The Morgan fingerprint density at radius 1 is 1.50 bits per heavy atom. The Balaban J connectivity index is 2.34. The van der Waals surface area contributed by atoms with Crippen molar-refractivity contribution in [3.05, 3.63) is 0 Å². The number of rotatable bonds is 2. The molecule has 1 rings (SSSR count). The van der Waals surface area contributed by atoms with E-state index in [1.807, 2.05) is 0 Å². The lowest BCUT2D eigenvalue weighted by Gasteiger charge is -2.29. The topological polar surface area (TPSA) is 32.1 Å². The average Bonchev–Trinajstić information content (AvgIpc) is 2.04. The summed E-state index contributed by atoms with van der Waals surface area (Å²) in [5.74, 6) is 0. The molecule has 0 aromatic heterocycles. The molecule has 0 saturated carbocycles. The lowest BCUT2D eigenvalue weighted by Crippen LogP contribution is -3.17. The minimum atomic E-state index is 0.874. The third kappa shape index (κ3) is 1.70. The highest BCUT2D eigenvalue weighted by Gasteiger charge is 2.23. The maximum Gasteiger partial charge on any atom is 0.137 e. The van der Waals surface area contributed by atoms with E-state index in [0.29, 0.717) is 0 Å². The van der Waals surface area contributed by atoms with Crippen LogP contribution in [0.25, 0.3) is 0 Å². The van der Waals surface area contributed by atoms with Gasteiger partial charge in [-0.2, -0.15) is 0 Å². The summed E-state index contributed by atoms with van der Waals surface area (Å²) in [5.41, 5.74) is 3.99. The van der Waals surface area contributed by atoms with Gasteiger partial charge in [-0.05, 0) is 19.8 Å². The molecule has 2 atom stereocenters. The first kappa shape index (κ1) is 8.02. The molecule has 0 radical (unpaired) electrons. The second kappa shape index (κ2) is 3.94. The number of piperidine rings is 1. The maximum absolute atomic E-state index is 3.99. The van der Waals surface area contributed by atoms with Crippen LogP contribution in [0.1, 0.15) is 26.2 Å². The number of quaternary nitrogens is 2. The summed E-state index contributed by atoms with van der Waals surface area (Å²) in [6, 6.07) is 0.874. The zero-order valence-corrected chi connectivity index (χ0v) is 7.03. The van der Waals surface area contributed by atoms with E-state index in [-0.39, 0.29) is 0 Å². The highest BCUT2D eigenvalue weighted by atomic mass is 15.2. The fraction of sp³-hybridized carbons (Fsp3) is 1.00. The molecular weight excluding hydrogens is 124 g/mol. The molecule has 60 valence electrons. The molecule has 1 fully saturated rings. The van der Waals surface area contributed by atoms with Gasteiger partial charge < -0.3 is 10.6 Å². The SMILES string of the molecule is CC[NH+]1CCCC[C@H]1C[NH3+]. The standard InChI is InChI=1S/C8H18N2/c1-2-10-6-4-3-5-8(10)7-9/h8H,2-7,9H2,1H3/p+2/t8-/m0/s1. The second-order valence-corrected chi connectivity index (χ2v) is 3.24. The normalized spacial score (nSPS) is 34.2. The fourth-order valence-corrected chi connectivity index (χ4v) is 1.96. The molecule has 0 spiro atoms. The molecule has 1 aliphatic heterocycles. The van der Waals surface area contributed by atoms with Crippen LogP contribution in [0.15, 0.2) is 0 Å². The average molecular weight is 144 g/mol. The summed E-state index contributed by atoms with van der Waals surface area (Å²) < 4.78 is 0. The van der Waals surface area contributed by atoms with Crippen LogP contribution < -0.4 is 10.6 Å². The van der Waals surface area contributed by atoms with Crippen molar-refractivity contribution in [2.24, 2.45) is 0 Å². The summed E-state index contributed by atoms with van der Waals surface area (Å²) in [5, 5.41) is 0. The predicted octanol–water partition coefficient (Wildman–Crippen LogP) is -1.31. The Morgan fingerprint density at radius 3 is 2.80 bits per heavy atom. The van der Waals surface area contributed by atoms with Gasteiger partial charge in [-0.1, -0.05) is 0 Å². The first-order valence-electron chi connectivity index (χ1n) is 4.52. The van der Waals surface area contributed by atoms with E-state index >= 15 is 0 Å². The van der Waals surface area contributed by atoms with Gasteiger partial charge in [0, 0.05) is 6.42 Å². The Bertz CT molecular complexity index is 81.3. The Hall–Kier alpha value is -0.0800. The van der Waals surface area contributed by atoms with Crippen LogP contribution >= 0.6 is 0 Å². The number of likely N-dealkylation sites (N-methyl/N-ethyl adjacent to an activating group) is 1. The molecule has 1 saturated heterocycles. The largest absolute Gasteiger partial charge is 0.353 e. The Morgan fingerprint density at radius 2 is 2.30 bits per heavy atom. The minimum absolute atomic E-state index is 0.874. The number of hydrogen-bond acceptors (Lipinski definition) is 0. The van der Waals surface area contributed by atoms with Gasteiger partial charge in [0.05, 0.1) is 13.1 Å². The van der Waals surface area contributed by atoms with E-state index in [2.05, 4.69) is 12.7 Å². The lowest BCUT2D eigenvalue weighted by atomic mass is 10.0. The molecule has 10 heavy (non-hydrogen) atoms. The van der Waals surface area contributed by atoms with E-state index in [0.717, 1.165) is 12.6 Å². The third-order valence-electron chi connectivity index (χ3n) is 2.68. The van der Waals surface area contributed by atoms with Crippen molar-refractivity contribution >= 4 is 0 Å². The molecule has 0 amide bonds. The van der Waals surface area contributed by atoms with Crippen LogP contribution in [0, 0.1) is 0 Å². The molecule has 2 heteroatoms. The van der Waals surface area contributed by atoms with Gasteiger partial charge in [-0.25, -0.2) is 0 Å².